The number of carbonyl (C=O) groups is 1. The molecular formula is C19H22N4OS. The van der Waals surface area contributed by atoms with Gasteiger partial charge in [0.2, 0.25) is 0 Å². The molecule has 0 aliphatic carbocycles. The van der Waals surface area contributed by atoms with E-state index < -0.39 is 0 Å². The Bertz CT molecular complexity index is 852. The van der Waals surface area contributed by atoms with E-state index in [0.717, 1.165) is 22.5 Å². The fraction of sp³-hybridized carbons (Fsp3) is 0.316. The van der Waals surface area contributed by atoms with E-state index >= 15 is 0 Å². The third kappa shape index (κ3) is 3.49. The molecule has 2 aromatic heterocycles. The van der Waals surface area contributed by atoms with Crippen molar-refractivity contribution in [2.75, 3.05) is 7.05 Å². The van der Waals surface area contributed by atoms with E-state index in [9.17, 15) is 4.79 Å². The minimum absolute atomic E-state index is 0.00946. The van der Waals surface area contributed by atoms with Crippen LogP contribution in [0.2, 0.25) is 0 Å². The number of rotatable bonds is 5. The molecule has 0 radical (unpaired) electrons. The second kappa shape index (κ2) is 7.19. The first-order valence-corrected chi connectivity index (χ1v) is 9.14. The number of aromatic nitrogens is 3. The van der Waals surface area contributed by atoms with Gasteiger partial charge in [-0.1, -0.05) is 19.1 Å². The molecule has 25 heavy (non-hydrogen) atoms. The van der Waals surface area contributed by atoms with E-state index in [-0.39, 0.29) is 11.9 Å². The first kappa shape index (κ1) is 17.4. The molecule has 0 fully saturated rings. The van der Waals surface area contributed by atoms with E-state index in [1.807, 2.05) is 44.3 Å². The molecule has 1 atom stereocenters. The zero-order valence-corrected chi connectivity index (χ0v) is 15.7. The van der Waals surface area contributed by atoms with Crippen LogP contribution in [0.1, 0.15) is 45.6 Å². The molecule has 0 N–H and O–H groups in total. The van der Waals surface area contributed by atoms with Crippen molar-refractivity contribution in [2.24, 2.45) is 0 Å². The van der Waals surface area contributed by atoms with Gasteiger partial charge in [-0.05, 0) is 49.6 Å². The predicted molar refractivity (Wildman–Crippen MR) is 100 cm³/mol. The van der Waals surface area contributed by atoms with Crippen molar-refractivity contribution in [2.45, 2.75) is 33.2 Å². The van der Waals surface area contributed by atoms with Gasteiger partial charge in [-0.2, -0.15) is 5.10 Å². The summed E-state index contributed by atoms with van der Waals surface area (Å²) in [5.74, 6) is 0.0700. The maximum atomic E-state index is 12.8. The van der Waals surface area contributed by atoms with Crippen molar-refractivity contribution < 1.29 is 4.79 Å². The molecule has 5 nitrogen and oxygen atoms in total. The molecule has 0 aliphatic rings. The van der Waals surface area contributed by atoms with Gasteiger partial charge in [0, 0.05) is 11.9 Å². The Morgan fingerprint density at radius 2 is 2.04 bits per heavy atom. The van der Waals surface area contributed by atoms with E-state index in [4.69, 9.17) is 0 Å². The minimum Gasteiger partial charge on any atom is -0.334 e. The van der Waals surface area contributed by atoms with Gasteiger partial charge in [0.05, 0.1) is 16.6 Å². The van der Waals surface area contributed by atoms with Crippen molar-refractivity contribution in [3.05, 3.63) is 63.9 Å². The summed E-state index contributed by atoms with van der Waals surface area (Å²) in [6.45, 7) is 6.23. The SMILES string of the molecule is CCc1sc(C(=O)N(C)C(C)c2ccc(-n3cncn3)cc2)cc1C. The lowest BCUT2D eigenvalue weighted by molar-refractivity contribution is 0.0747. The van der Waals surface area contributed by atoms with Crippen LogP contribution in [-0.4, -0.2) is 32.6 Å². The van der Waals surface area contributed by atoms with Gasteiger partial charge >= 0.3 is 0 Å². The summed E-state index contributed by atoms with van der Waals surface area (Å²) < 4.78 is 1.71. The smallest absolute Gasteiger partial charge is 0.264 e. The fourth-order valence-corrected chi connectivity index (χ4v) is 3.89. The molecule has 1 unspecified atom stereocenters. The van der Waals surface area contributed by atoms with Crippen LogP contribution in [0, 0.1) is 6.92 Å². The quantitative estimate of drug-likeness (QED) is 0.695. The molecule has 130 valence electrons. The van der Waals surface area contributed by atoms with E-state index in [1.165, 1.54) is 16.8 Å². The molecule has 0 spiro atoms. The number of benzene rings is 1. The first-order chi connectivity index (χ1) is 12.0. The Kier molecular flexibility index (Phi) is 4.99. The molecule has 2 heterocycles. The maximum Gasteiger partial charge on any atom is 0.264 e. The van der Waals surface area contributed by atoms with Crippen LogP contribution in [0.5, 0.6) is 0 Å². The summed E-state index contributed by atoms with van der Waals surface area (Å²) in [5.41, 5.74) is 3.24. The van der Waals surface area contributed by atoms with Crippen molar-refractivity contribution in [1.29, 1.82) is 0 Å². The molecule has 0 saturated heterocycles. The van der Waals surface area contributed by atoms with Crippen LogP contribution >= 0.6 is 11.3 Å². The Balaban J connectivity index is 1.77. The highest BCUT2D eigenvalue weighted by atomic mass is 32.1. The van der Waals surface area contributed by atoms with Crippen LogP contribution in [-0.2, 0) is 6.42 Å². The summed E-state index contributed by atoms with van der Waals surface area (Å²) in [6.07, 6.45) is 4.14. The van der Waals surface area contributed by atoms with Crippen molar-refractivity contribution in [3.63, 3.8) is 0 Å². The van der Waals surface area contributed by atoms with Crippen LogP contribution in [0.15, 0.2) is 43.0 Å². The lowest BCUT2D eigenvalue weighted by atomic mass is 10.1. The lowest BCUT2D eigenvalue weighted by Crippen LogP contribution is -2.29. The number of hydrogen-bond donors (Lipinski definition) is 0. The molecular weight excluding hydrogens is 332 g/mol. The standard InChI is InChI=1S/C19H22N4OS/c1-5-17-13(2)10-18(25-17)19(24)22(4)14(3)15-6-8-16(9-7-15)23-12-20-11-21-23/h6-12,14H,5H2,1-4H3. The first-order valence-electron chi connectivity index (χ1n) is 8.32. The summed E-state index contributed by atoms with van der Waals surface area (Å²) in [4.78, 5) is 20.7. The van der Waals surface area contributed by atoms with Crippen molar-refractivity contribution >= 4 is 17.2 Å². The van der Waals surface area contributed by atoms with Gasteiger partial charge in [-0.3, -0.25) is 4.79 Å². The maximum absolute atomic E-state index is 12.8. The van der Waals surface area contributed by atoms with Crippen LogP contribution < -0.4 is 0 Å². The molecule has 0 aliphatic heterocycles. The van der Waals surface area contributed by atoms with E-state index in [2.05, 4.69) is 23.9 Å². The number of thiophene rings is 1. The fourth-order valence-electron chi connectivity index (χ4n) is 2.80. The highest BCUT2D eigenvalue weighted by Gasteiger charge is 2.21. The normalized spacial score (nSPS) is 12.2. The predicted octanol–water partition coefficient (Wildman–Crippen LogP) is 4.03. The molecule has 1 aromatic carbocycles. The third-order valence-electron chi connectivity index (χ3n) is 4.51. The van der Waals surface area contributed by atoms with Gasteiger partial charge in [0.15, 0.2) is 0 Å². The Morgan fingerprint density at radius 3 is 2.60 bits per heavy atom. The number of amides is 1. The van der Waals surface area contributed by atoms with Gasteiger partial charge in [0.25, 0.3) is 5.91 Å². The largest absolute Gasteiger partial charge is 0.334 e. The van der Waals surface area contributed by atoms with Gasteiger partial charge in [-0.15, -0.1) is 11.3 Å². The molecule has 3 aromatic rings. The van der Waals surface area contributed by atoms with Crippen LogP contribution in [0.25, 0.3) is 5.69 Å². The number of hydrogen-bond acceptors (Lipinski definition) is 4. The average Bonchev–Trinajstić information content (AvgIpc) is 3.29. The van der Waals surface area contributed by atoms with E-state index in [0.29, 0.717) is 0 Å². The van der Waals surface area contributed by atoms with Crippen molar-refractivity contribution in [1.82, 2.24) is 19.7 Å². The third-order valence-corrected chi connectivity index (χ3v) is 5.88. The molecule has 6 heteroatoms. The number of carbonyl (C=O) groups excluding carboxylic acids is 1. The van der Waals surface area contributed by atoms with Crippen molar-refractivity contribution in [3.8, 4) is 5.69 Å². The minimum atomic E-state index is -0.00946. The van der Waals surface area contributed by atoms with Gasteiger partial charge in [0.1, 0.15) is 12.7 Å². The molecule has 1 amide bonds. The molecule has 0 bridgehead atoms. The Labute approximate surface area is 151 Å². The molecule has 3 rings (SSSR count). The Hall–Kier alpha value is -2.47. The summed E-state index contributed by atoms with van der Waals surface area (Å²) in [6, 6.07) is 10.0. The van der Waals surface area contributed by atoms with Gasteiger partial charge < -0.3 is 4.90 Å². The highest BCUT2D eigenvalue weighted by Crippen LogP contribution is 2.27. The second-order valence-electron chi connectivity index (χ2n) is 6.09. The summed E-state index contributed by atoms with van der Waals surface area (Å²) >= 11 is 1.60. The summed E-state index contributed by atoms with van der Waals surface area (Å²) in [5, 5.41) is 4.13. The zero-order valence-electron chi connectivity index (χ0n) is 14.9. The zero-order chi connectivity index (χ0) is 18.0. The number of nitrogens with zero attached hydrogens (tertiary/aromatic N) is 4. The average molecular weight is 354 g/mol. The monoisotopic (exact) mass is 354 g/mol. The van der Waals surface area contributed by atoms with E-state index in [1.54, 1.807) is 27.2 Å². The summed E-state index contributed by atoms with van der Waals surface area (Å²) in [7, 11) is 1.86. The van der Waals surface area contributed by atoms with Gasteiger partial charge in [-0.25, -0.2) is 9.67 Å². The second-order valence-corrected chi connectivity index (χ2v) is 7.23. The lowest BCUT2D eigenvalue weighted by Gasteiger charge is -2.25. The topological polar surface area (TPSA) is 51.0 Å². The van der Waals surface area contributed by atoms with Crippen LogP contribution in [0.3, 0.4) is 0 Å². The highest BCUT2D eigenvalue weighted by molar-refractivity contribution is 7.14. The Morgan fingerprint density at radius 1 is 1.32 bits per heavy atom. The molecule has 0 saturated carbocycles. The number of aryl methyl sites for hydroxylation is 2. The van der Waals surface area contributed by atoms with Crippen LogP contribution in [0.4, 0.5) is 0 Å².